The molecule has 0 amide bonds. The number of anilines is 2. The molecule has 1 aromatic heterocycles. The number of pyridine rings is 1. The highest BCUT2D eigenvalue weighted by Gasteiger charge is 2.20. The lowest BCUT2D eigenvalue weighted by Crippen LogP contribution is -2.37. The Bertz CT molecular complexity index is 297. The minimum Gasteiger partial charge on any atom is -0.397 e. The van der Waals surface area contributed by atoms with Crippen molar-refractivity contribution in [2.24, 2.45) is 0 Å². The van der Waals surface area contributed by atoms with Gasteiger partial charge in [0.25, 0.3) is 0 Å². The van der Waals surface area contributed by atoms with Crippen LogP contribution in [0.15, 0.2) is 18.5 Å². The number of nitrogen functional groups attached to an aromatic ring is 1. The zero-order valence-corrected chi connectivity index (χ0v) is 8.62. The molecule has 0 radical (unpaired) electrons. The summed E-state index contributed by atoms with van der Waals surface area (Å²) in [5.41, 5.74) is 6.74. The number of nitrogens with one attached hydrogen (secondary N) is 1. The lowest BCUT2D eigenvalue weighted by molar-refractivity contribution is 0.219. The van der Waals surface area contributed by atoms with Crippen molar-refractivity contribution in [3.8, 4) is 0 Å². The number of aliphatic hydroxyl groups is 1. The molecule has 78 valence electrons. The van der Waals surface area contributed by atoms with Gasteiger partial charge in [-0.3, -0.25) is 4.98 Å². The van der Waals surface area contributed by atoms with Crippen molar-refractivity contribution in [3.63, 3.8) is 0 Å². The van der Waals surface area contributed by atoms with Crippen LogP contribution in [0.25, 0.3) is 0 Å². The van der Waals surface area contributed by atoms with Gasteiger partial charge in [-0.05, 0) is 19.4 Å². The second-order valence-corrected chi connectivity index (χ2v) is 3.70. The summed E-state index contributed by atoms with van der Waals surface area (Å²) in [4.78, 5) is 3.97. The molecular weight excluding hydrogens is 178 g/mol. The third kappa shape index (κ3) is 2.60. The third-order valence-corrected chi connectivity index (χ3v) is 2.33. The molecule has 1 unspecified atom stereocenters. The summed E-state index contributed by atoms with van der Waals surface area (Å²) in [5, 5.41) is 12.4. The lowest BCUT2D eigenvalue weighted by atomic mass is 10.00. The van der Waals surface area contributed by atoms with Gasteiger partial charge in [-0.15, -0.1) is 0 Å². The zero-order chi connectivity index (χ0) is 10.6. The Balaban J connectivity index is 2.77. The minimum atomic E-state index is -0.310. The Hall–Kier alpha value is -1.29. The van der Waals surface area contributed by atoms with E-state index in [0.29, 0.717) is 5.69 Å². The molecule has 0 saturated heterocycles. The first-order valence-electron chi connectivity index (χ1n) is 4.69. The van der Waals surface area contributed by atoms with E-state index >= 15 is 0 Å². The minimum absolute atomic E-state index is 0.0816. The maximum Gasteiger partial charge on any atom is 0.0658 e. The molecule has 4 N–H and O–H groups in total. The van der Waals surface area contributed by atoms with E-state index in [4.69, 9.17) is 5.73 Å². The molecule has 0 aliphatic heterocycles. The highest BCUT2D eigenvalue weighted by atomic mass is 16.3. The van der Waals surface area contributed by atoms with Gasteiger partial charge in [-0.25, -0.2) is 0 Å². The largest absolute Gasteiger partial charge is 0.397 e. The van der Waals surface area contributed by atoms with Gasteiger partial charge in [0.05, 0.1) is 29.7 Å². The quantitative estimate of drug-likeness (QED) is 0.676. The van der Waals surface area contributed by atoms with Crippen LogP contribution in [0, 0.1) is 0 Å². The summed E-state index contributed by atoms with van der Waals surface area (Å²) in [5.74, 6) is 0. The van der Waals surface area contributed by atoms with Gasteiger partial charge >= 0.3 is 0 Å². The van der Waals surface area contributed by atoms with Crippen LogP contribution in [0.3, 0.4) is 0 Å². The van der Waals surface area contributed by atoms with Crippen LogP contribution in [-0.4, -0.2) is 22.2 Å². The van der Waals surface area contributed by atoms with Crippen LogP contribution in [0.2, 0.25) is 0 Å². The number of nitrogens with two attached hydrogens (primary N) is 1. The van der Waals surface area contributed by atoms with E-state index in [1.165, 1.54) is 0 Å². The fraction of sp³-hybridized carbons (Fsp3) is 0.500. The van der Waals surface area contributed by atoms with E-state index in [1.54, 1.807) is 18.5 Å². The van der Waals surface area contributed by atoms with E-state index in [9.17, 15) is 5.11 Å². The van der Waals surface area contributed by atoms with Gasteiger partial charge in [-0.1, -0.05) is 6.92 Å². The number of hydrogen-bond donors (Lipinski definition) is 3. The van der Waals surface area contributed by atoms with Crippen molar-refractivity contribution in [1.29, 1.82) is 0 Å². The van der Waals surface area contributed by atoms with E-state index < -0.39 is 0 Å². The number of hydrogen-bond acceptors (Lipinski definition) is 4. The van der Waals surface area contributed by atoms with E-state index in [-0.39, 0.29) is 12.1 Å². The molecular formula is C10H17N3O. The SMILES string of the molecule is CCC(C)(CO)Nc1cncc(N)c1. The third-order valence-electron chi connectivity index (χ3n) is 2.33. The second-order valence-electron chi connectivity index (χ2n) is 3.70. The fourth-order valence-electron chi connectivity index (χ4n) is 1.11. The first-order valence-corrected chi connectivity index (χ1v) is 4.69. The van der Waals surface area contributed by atoms with Gasteiger partial charge in [0, 0.05) is 6.20 Å². The number of aromatic nitrogens is 1. The van der Waals surface area contributed by atoms with Crippen LogP contribution < -0.4 is 11.1 Å². The molecule has 0 aliphatic carbocycles. The second kappa shape index (κ2) is 4.28. The first-order chi connectivity index (χ1) is 6.59. The Morgan fingerprint density at radius 3 is 2.79 bits per heavy atom. The maximum absolute atomic E-state index is 9.20. The van der Waals surface area contributed by atoms with Crippen molar-refractivity contribution in [2.75, 3.05) is 17.7 Å². The topological polar surface area (TPSA) is 71.2 Å². The molecule has 0 spiro atoms. The van der Waals surface area contributed by atoms with Gasteiger partial charge < -0.3 is 16.2 Å². The summed E-state index contributed by atoms with van der Waals surface area (Å²) in [6, 6.07) is 1.80. The zero-order valence-electron chi connectivity index (χ0n) is 8.62. The van der Waals surface area contributed by atoms with E-state index in [1.807, 2.05) is 13.8 Å². The smallest absolute Gasteiger partial charge is 0.0658 e. The van der Waals surface area contributed by atoms with Crippen molar-refractivity contribution in [1.82, 2.24) is 4.98 Å². The lowest BCUT2D eigenvalue weighted by Gasteiger charge is -2.28. The first kappa shape index (κ1) is 10.8. The molecule has 14 heavy (non-hydrogen) atoms. The Morgan fingerprint density at radius 2 is 2.29 bits per heavy atom. The number of nitrogens with zero attached hydrogens (tertiary/aromatic N) is 1. The van der Waals surface area contributed by atoms with Crippen molar-refractivity contribution in [3.05, 3.63) is 18.5 Å². The summed E-state index contributed by atoms with van der Waals surface area (Å²) in [7, 11) is 0. The molecule has 0 saturated carbocycles. The van der Waals surface area contributed by atoms with Gasteiger partial charge in [-0.2, -0.15) is 0 Å². The molecule has 4 nitrogen and oxygen atoms in total. The van der Waals surface area contributed by atoms with Crippen LogP contribution in [0.4, 0.5) is 11.4 Å². The van der Waals surface area contributed by atoms with Crippen molar-refractivity contribution < 1.29 is 5.11 Å². The van der Waals surface area contributed by atoms with Crippen LogP contribution in [-0.2, 0) is 0 Å². The number of rotatable bonds is 4. The molecule has 0 aliphatic rings. The predicted molar refractivity (Wildman–Crippen MR) is 58.1 cm³/mol. The normalized spacial score (nSPS) is 14.8. The maximum atomic E-state index is 9.20. The molecule has 1 aromatic rings. The summed E-state index contributed by atoms with van der Waals surface area (Å²) in [6.07, 6.45) is 4.12. The Kier molecular flexibility index (Phi) is 3.30. The molecule has 0 aromatic carbocycles. The van der Waals surface area contributed by atoms with E-state index in [2.05, 4.69) is 10.3 Å². The average molecular weight is 195 g/mol. The Morgan fingerprint density at radius 1 is 1.57 bits per heavy atom. The van der Waals surface area contributed by atoms with Crippen molar-refractivity contribution >= 4 is 11.4 Å². The monoisotopic (exact) mass is 195 g/mol. The highest BCUT2D eigenvalue weighted by Crippen LogP contribution is 2.18. The van der Waals surface area contributed by atoms with Gasteiger partial charge in [0.2, 0.25) is 0 Å². The molecule has 0 fully saturated rings. The van der Waals surface area contributed by atoms with Gasteiger partial charge in [0.1, 0.15) is 0 Å². The van der Waals surface area contributed by atoms with Gasteiger partial charge in [0.15, 0.2) is 0 Å². The van der Waals surface area contributed by atoms with Crippen LogP contribution in [0.5, 0.6) is 0 Å². The fourth-order valence-corrected chi connectivity index (χ4v) is 1.11. The molecule has 1 atom stereocenters. The van der Waals surface area contributed by atoms with Crippen LogP contribution >= 0.6 is 0 Å². The highest BCUT2D eigenvalue weighted by molar-refractivity contribution is 5.52. The summed E-state index contributed by atoms with van der Waals surface area (Å²) in [6.45, 7) is 4.05. The number of aliphatic hydroxyl groups excluding tert-OH is 1. The van der Waals surface area contributed by atoms with Crippen LogP contribution in [0.1, 0.15) is 20.3 Å². The summed E-state index contributed by atoms with van der Waals surface area (Å²) < 4.78 is 0. The predicted octanol–water partition coefficient (Wildman–Crippen LogP) is 1.24. The average Bonchev–Trinajstić information content (AvgIpc) is 2.18. The molecule has 0 bridgehead atoms. The summed E-state index contributed by atoms with van der Waals surface area (Å²) >= 11 is 0. The molecule has 1 rings (SSSR count). The molecule has 4 heteroatoms. The Labute approximate surface area is 84.2 Å². The standard InChI is InChI=1S/C10H17N3O/c1-3-10(2,7-14)13-9-4-8(11)5-12-6-9/h4-6,13-14H,3,7,11H2,1-2H3. The van der Waals surface area contributed by atoms with E-state index in [0.717, 1.165) is 12.1 Å². The van der Waals surface area contributed by atoms with Crippen molar-refractivity contribution in [2.45, 2.75) is 25.8 Å². The molecule has 1 heterocycles.